The smallest absolute Gasteiger partial charge is 0.255 e. The second-order valence-electron chi connectivity index (χ2n) is 4.87. The van der Waals surface area contributed by atoms with Crippen LogP contribution in [0.25, 0.3) is 0 Å². The van der Waals surface area contributed by atoms with E-state index in [2.05, 4.69) is 10.2 Å². The minimum absolute atomic E-state index is 0.0681. The molecule has 18 heavy (non-hydrogen) atoms. The molecule has 1 aliphatic heterocycles. The first-order chi connectivity index (χ1) is 8.61. The minimum Gasteiger partial charge on any atom is -0.339 e. The Hall–Kier alpha value is -1.16. The summed E-state index contributed by atoms with van der Waals surface area (Å²) in [6.07, 6.45) is 1.98. The fourth-order valence-electron chi connectivity index (χ4n) is 2.23. The molecule has 0 spiro atoms. The average molecular weight is 268 g/mol. The van der Waals surface area contributed by atoms with Crippen molar-refractivity contribution in [1.82, 2.24) is 15.1 Å². The van der Waals surface area contributed by atoms with Gasteiger partial charge in [0.05, 0.1) is 17.0 Å². The molecule has 0 radical (unpaired) electrons. The second-order valence-corrected chi connectivity index (χ2v) is 5.18. The van der Waals surface area contributed by atoms with E-state index in [1.165, 1.54) is 0 Å². The summed E-state index contributed by atoms with van der Waals surface area (Å²) in [4.78, 5) is 14.3. The Morgan fingerprint density at radius 1 is 1.39 bits per heavy atom. The van der Waals surface area contributed by atoms with Crippen molar-refractivity contribution in [3.63, 3.8) is 0 Å². The molecular weight excluding hydrogens is 250 g/mol. The first-order valence-electron chi connectivity index (χ1n) is 6.28. The Labute approximate surface area is 112 Å². The predicted octanol–water partition coefficient (Wildman–Crippen LogP) is 2.18. The first-order valence-corrected chi connectivity index (χ1v) is 6.81. The molecule has 98 valence electrons. The van der Waals surface area contributed by atoms with Crippen LogP contribution in [0, 0.1) is 19.8 Å². The van der Waals surface area contributed by atoms with Crippen LogP contribution in [-0.2, 0) is 0 Å². The van der Waals surface area contributed by atoms with Gasteiger partial charge in [-0.1, -0.05) is 0 Å². The van der Waals surface area contributed by atoms with Crippen LogP contribution in [0.4, 0.5) is 0 Å². The maximum Gasteiger partial charge on any atom is 0.255 e. The SMILES string of the molecule is Cc1cc(C(=O)N2CCC(CCl)CC2)c(C)nn1. The summed E-state index contributed by atoms with van der Waals surface area (Å²) in [7, 11) is 0. The highest BCUT2D eigenvalue weighted by Crippen LogP contribution is 2.20. The van der Waals surface area contributed by atoms with Crippen molar-refractivity contribution in [2.45, 2.75) is 26.7 Å². The molecule has 2 rings (SSSR count). The number of hydrogen-bond donors (Lipinski definition) is 0. The number of piperidine rings is 1. The molecule has 1 amide bonds. The van der Waals surface area contributed by atoms with Crippen LogP contribution in [-0.4, -0.2) is 40.0 Å². The van der Waals surface area contributed by atoms with Gasteiger partial charge in [0, 0.05) is 19.0 Å². The van der Waals surface area contributed by atoms with Crippen molar-refractivity contribution in [3.05, 3.63) is 23.0 Å². The molecule has 1 aromatic rings. The van der Waals surface area contributed by atoms with E-state index in [1.54, 1.807) is 0 Å². The number of halogens is 1. The lowest BCUT2D eigenvalue weighted by Gasteiger charge is -2.31. The molecule has 0 aromatic carbocycles. The average Bonchev–Trinajstić information content (AvgIpc) is 2.41. The van der Waals surface area contributed by atoms with Crippen LogP contribution in [0.15, 0.2) is 6.07 Å². The van der Waals surface area contributed by atoms with Crippen LogP contribution in [0.1, 0.15) is 34.6 Å². The molecule has 0 aliphatic carbocycles. The summed E-state index contributed by atoms with van der Waals surface area (Å²) in [6, 6.07) is 1.82. The molecule has 0 unspecified atom stereocenters. The molecule has 1 aromatic heterocycles. The van der Waals surface area contributed by atoms with E-state index in [-0.39, 0.29) is 5.91 Å². The molecule has 0 N–H and O–H groups in total. The summed E-state index contributed by atoms with van der Waals surface area (Å²) >= 11 is 5.85. The molecule has 1 fully saturated rings. The van der Waals surface area contributed by atoms with Gasteiger partial charge in [0.1, 0.15) is 0 Å². The van der Waals surface area contributed by atoms with E-state index < -0.39 is 0 Å². The molecule has 4 nitrogen and oxygen atoms in total. The Morgan fingerprint density at radius 2 is 2.06 bits per heavy atom. The Balaban J connectivity index is 2.10. The number of rotatable bonds is 2. The molecule has 2 heterocycles. The van der Waals surface area contributed by atoms with Crippen molar-refractivity contribution >= 4 is 17.5 Å². The number of carbonyl (C=O) groups excluding carboxylic acids is 1. The quantitative estimate of drug-likeness (QED) is 0.772. The van der Waals surface area contributed by atoms with Gasteiger partial charge in [0.15, 0.2) is 0 Å². The Bertz CT molecular complexity index is 442. The maximum atomic E-state index is 12.4. The monoisotopic (exact) mass is 267 g/mol. The summed E-state index contributed by atoms with van der Waals surface area (Å²) in [6.45, 7) is 5.25. The van der Waals surface area contributed by atoms with Crippen LogP contribution in [0.3, 0.4) is 0 Å². The molecule has 0 saturated carbocycles. The van der Waals surface area contributed by atoms with Crippen molar-refractivity contribution in [3.8, 4) is 0 Å². The van der Waals surface area contributed by atoms with E-state index in [1.807, 2.05) is 24.8 Å². The molecule has 1 saturated heterocycles. The van der Waals surface area contributed by atoms with Gasteiger partial charge >= 0.3 is 0 Å². The molecule has 0 atom stereocenters. The van der Waals surface area contributed by atoms with E-state index >= 15 is 0 Å². The number of aromatic nitrogens is 2. The number of hydrogen-bond acceptors (Lipinski definition) is 3. The number of alkyl halides is 1. The van der Waals surface area contributed by atoms with Crippen molar-refractivity contribution in [1.29, 1.82) is 0 Å². The van der Waals surface area contributed by atoms with Crippen LogP contribution in [0.5, 0.6) is 0 Å². The van der Waals surface area contributed by atoms with Crippen LogP contribution >= 0.6 is 11.6 Å². The van der Waals surface area contributed by atoms with Gasteiger partial charge in [-0.2, -0.15) is 10.2 Å². The van der Waals surface area contributed by atoms with Gasteiger partial charge in [-0.05, 0) is 38.7 Å². The molecule has 0 bridgehead atoms. The van der Waals surface area contributed by atoms with Crippen LogP contribution in [0.2, 0.25) is 0 Å². The zero-order chi connectivity index (χ0) is 13.1. The topological polar surface area (TPSA) is 46.1 Å². The highest BCUT2D eigenvalue weighted by Gasteiger charge is 2.24. The lowest BCUT2D eigenvalue weighted by Crippen LogP contribution is -2.39. The summed E-state index contributed by atoms with van der Waals surface area (Å²) < 4.78 is 0. The third kappa shape index (κ3) is 2.80. The number of carbonyl (C=O) groups is 1. The number of amides is 1. The normalized spacial score (nSPS) is 16.9. The molecule has 1 aliphatic rings. The summed E-state index contributed by atoms with van der Waals surface area (Å²) in [5.41, 5.74) is 2.15. The third-order valence-electron chi connectivity index (χ3n) is 3.45. The highest BCUT2D eigenvalue weighted by molar-refractivity contribution is 6.18. The zero-order valence-electron chi connectivity index (χ0n) is 10.8. The van der Waals surface area contributed by atoms with Gasteiger partial charge in [-0.25, -0.2) is 0 Å². The minimum atomic E-state index is 0.0681. The third-order valence-corrected chi connectivity index (χ3v) is 3.89. The number of likely N-dealkylation sites (tertiary alicyclic amines) is 1. The predicted molar refractivity (Wildman–Crippen MR) is 70.9 cm³/mol. The van der Waals surface area contributed by atoms with Crippen LogP contribution < -0.4 is 0 Å². The second kappa shape index (κ2) is 5.65. The fraction of sp³-hybridized carbons (Fsp3) is 0.615. The number of nitrogens with zero attached hydrogens (tertiary/aromatic N) is 3. The van der Waals surface area contributed by atoms with Crippen molar-refractivity contribution in [2.24, 2.45) is 5.92 Å². The van der Waals surface area contributed by atoms with Crippen molar-refractivity contribution < 1.29 is 4.79 Å². The van der Waals surface area contributed by atoms with Gasteiger partial charge in [0.25, 0.3) is 5.91 Å². The van der Waals surface area contributed by atoms with E-state index in [0.717, 1.165) is 31.6 Å². The first kappa shape index (κ1) is 13.3. The summed E-state index contributed by atoms with van der Waals surface area (Å²) in [5.74, 6) is 1.31. The Morgan fingerprint density at radius 3 is 2.67 bits per heavy atom. The van der Waals surface area contributed by atoms with Crippen molar-refractivity contribution in [2.75, 3.05) is 19.0 Å². The Kier molecular flexibility index (Phi) is 4.17. The lowest BCUT2D eigenvalue weighted by molar-refractivity contribution is 0.0696. The van der Waals surface area contributed by atoms with Gasteiger partial charge in [0.2, 0.25) is 0 Å². The van der Waals surface area contributed by atoms with E-state index in [0.29, 0.717) is 23.1 Å². The standard InChI is InChI=1S/C13H18ClN3O/c1-9-7-12(10(2)16-15-9)13(18)17-5-3-11(8-14)4-6-17/h7,11H,3-6,8H2,1-2H3. The highest BCUT2D eigenvalue weighted by atomic mass is 35.5. The summed E-state index contributed by atoms with van der Waals surface area (Å²) in [5, 5.41) is 7.96. The molecular formula is C13H18ClN3O. The zero-order valence-corrected chi connectivity index (χ0v) is 11.6. The van der Waals surface area contributed by atoms with Gasteiger partial charge in [-0.15, -0.1) is 11.6 Å². The largest absolute Gasteiger partial charge is 0.339 e. The fourth-order valence-corrected chi connectivity index (χ4v) is 2.54. The molecule has 5 heteroatoms. The van der Waals surface area contributed by atoms with Gasteiger partial charge < -0.3 is 4.90 Å². The van der Waals surface area contributed by atoms with E-state index in [4.69, 9.17) is 11.6 Å². The lowest BCUT2D eigenvalue weighted by atomic mass is 9.98. The van der Waals surface area contributed by atoms with E-state index in [9.17, 15) is 4.79 Å². The number of aryl methyl sites for hydroxylation is 2. The maximum absolute atomic E-state index is 12.4. The van der Waals surface area contributed by atoms with Gasteiger partial charge in [-0.3, -0.25) is 4.79 Å².